The van der Waals surface area contributed by atoms with E-state index >= 15 is 0 Å². The van der Waals surface area contributed by atoms with Gasteiger partial charge in [0.05, 0.1) is 0 Å². The van der Waals surface area contributed by atoms with E-state index in [0.717, 1.165) is 135 Å². The van der Waals surface area contributed by atoms with Crippen LogP contribution in [0.2, 0.25) is 0 Å². The van der Waals surface area contributed by atoms with E-state index in [1.807, 2.05) is 12.1 Å². The van der Waals surface area contributed by atoms with Crippen molar-refractivity contribution >= 4 is 147 Å². The van der Waals surface area contributed by atoms with Crippen LogP contribution in [-0.2, 0) is 0 Å². The van der Waals surface area contributed by atoms with Gasteiger partial charge in [-0.25, -0.2) is 0 Å². The largest absolute Gasteiger partial charge is 0.460 e. The van der Waals surface area contributed by atoms with Crippen LogP contribution < -0.4 is 4.74 Å². The summed E-state index contributed by atoms with van der Waals surface area (Å²) in [4.78, 5) is 0. The molecule has 3 aliphatic carbocycles. The average molecular weight is 1280 g/mol. The molecule has 22 rings (SSSR count). The van der Waals surface area contributed by atoms with Crippen molar-refractivity contribution in [1.29, 1.82) is 0 Å². The molecule has 4 aliphatic rings. The Kier molecular flexibility index (Phi) is 12.0. The van der Waals surface area contributed by atoms with Crippen LogP contribution >= 0.6 is 0 Å². The second kappa shape index (κ2) is 21.5. The summed E-state index contributed by atoms with van der Waals surface area (Å²) in [6.07, 6.45) is 21.2. The SMILES string of the molecule is C1=CC(c2ccccc2)CC(c2c3ccccc3c(C3=CC=C4Oc5c(ccc6cc7oc8cc(-c9cccc(C%10C=CC=C(c%11c%12ccccc%12c(-c%12ccc%13oc%14c(ccc%15c%14ccc%14oc%16ccccc%16c%14%15)c%13c%12)c%12ccccc%11%12)C%10)c9)ccc8c7cc56)C4C3)c3ccccc23)=C1. The number of benzene rings is 15. The van der Waals surface area contributed by atoms with Gasteiger partial charge in [-0.1, -0.05) is 243 Å². The first-order chi connectivity index (χ1) is 49.5. The van der Waals surface area contributed by atoms with Gasteiger partial charge >= 0.3 is 0 Å². The molecule has 0 radical (unpaired) electrons. The Labute approximate surface area is 575 Å². The molecule has 0 bridgehead atoms. The number of hydrogen-bond acceptors (Lipinski definition) is 4. The molecule has 0 saturated heterocycles. The fraction of sp³-hybridized carbons (Fsp3) is 0.0625. The lowest BCUT2D eigenvalue weighted by Gasteiger charge is -2.25. The van der Waals surface area contributed by atoms with Gasteiger partial charge in [0.1, 0.15) is 45.0 Å². The maximum absolute atomic E-state index is 7.00. The number of furan rings is 3. The molecule has 0 saturated carbocycles. The topological polar surface area (TPSA) is 48.7 Å². The predicted molar refractivity (Wildman–Crippen MR) is 417 cm³/mol. The van der Waals surface area contributed by atoms with Crippen molar-refractivity contribution in [3.8, 4) is 28.0 Å². The Balaban J connectivity index is 0.560. The first-order valence-electron chi connectivity index (χ1n) is 35.0. The molecule has 0 amide bonds. The van der Waals surface area contributed by atoms with Crippen molar-refractivity contribution < 1.29 is 18.0 Å². The van der Waals surface area contributed by atoms with Crippen LogP contribution in [0.4, 0.5) is 0 Å². The fourth-order valence-electron chi connectivity index (χ4n) is 18.0. The quantitative estimate of drug-likeness (QED) is 0.149. The molecule has 100 heavy (non-hydrogen) atoms. The lowest BCUT2D eigenvalue weighted by Crippen LogP contribution is -2.06. The Morgan fingerprint density at radius 1 is 0.280 bits per heavy atom. The number of rotatable bonds is 7. The van der Waals surface area contributed by atoms with Gasteiger partial charge < -0.3 is 18.0 Å². The van der Waals surface area contributed by atoms with Crippen molar-refractivity contribution in [1.82, 2.24) is 0 Å². The summed E-state index contributed by atoms with van der Waals surface area (Å²) in [7, 11) is 0. The van der Waals surface area contributed by atoms with E-state index in [1.54, 1.807) is 0 Å². The van der Waals surface area contributed by atoms with Crippen LogP contribution in [0.3, 0.4) is 0 Å². The first-order valence-corrected chi connectivity index (χ1v) is 35.0. The van der Waals surface area contributed by atoms with E-state index in [-0.39, 0.29) is 11.8 Å². The molecule has 4 heterocycles. The van der Waals surface area contributed by atoms with Gasteiger partial charge in [-0.3, -0.25) is 0 Å². The summed E-state index contributed by atoms with van der Waals surface area (Å²) >= 11 is 0. The maximum Gasteiger partial charge on any atom is 0.143 e. The van der Waals surface area contributed by atoms with E-state index < -0.39 is 0 Å². The second-order valence-corrected chi connectivity index (χ2v) is 27.9. The van der Waals surface area contributed by atoms with E-state index in [1.165, 1.54) is 98.8 Å². The van der Waals surface area contributed by atoms with E-state index in [0.29, 0.717) is 5.92 Å². The number of ether oxygens (including phenoxy) is 1. The Bertz CT molecular complexity index is 6730. The highest BCUT2D eigenvalue weighted by atomic mass is 16.5. The molecule has 4 nitrogen and oxygen atoms in total. The van der Waals surface area contributed by atoms with Crippen molar-refractivity contribution in [2.45, 2.75) is 37.0 Å². The van der Waals surface area contributed by atoms with Crippen molar-refractivity contribution in [3.05, 3.63) is 349 Å². The molecule has 0 N–H and O–H groups in total. The molecule has 468 valence electrons. The zero-order valence-electron chi connectivity index (χ0n) is 54.4. The summed E-state index contributed by atoms with van der Waals surface area (Å²) in [5, 5.41) is 21.2. The van der Waals surface area contributed by atoms with Crippen molar-refractivity contribution in [2.75, 3.05) is 0 Å². The molecule has 3 atom stereocenters. The highest BCUT2D eigenvalue weighted by molar-refractivity contribution is 6.27. The smallest absolute Gasteiger partial charge is 0.143 e. The van der Waals surface area contributed by atoms with Crippen LogP contribution in [0.25, 0.3) is 169 Å². The predicted octanol–water partition coefficient (Wildman–Crippen LogP) is 26.7. The van der Waals surface area contributed by atoms with Gasteiger partial charge in [-0.15, -0.1) is 0 Å². The first kappa shape index (κ1) is 55.6. The summed E-state index contributed by atoms with van der Waals surface area (Å²) in [6, 6.07) is 95.8. The van der Waals surface area contributed by atoms with Crippen LogP contribution in [0.15, 0.2) is 328 Å². The van der Waals surface area contributed by atoms with Crippen LogP contribution in [-0.4, -0.2) is 0 Å². The zero-order valence-corrected chi connectivity index (χ0v) is 54.4. The molecule has 3 aromatic heterocycles. The maximum atomic E-state index is 7.00. The third-order valence-corrected chi connectivity index (χ3v) is 22.5. The second-order valence-electron chi connectivity index (χ2n) is 27.9. The van der Waals surface area contributed by atoms with Gasteiger partial charge in [0.25, 0.3) is 0 Å². The van der Waals surface area contributed by atoms with E-state index in [4.69, 9.17) is 18.0 Å². The summed E-state index contributed by atoms with van der Waals surface area (Å²) < 4.78 is 26.9. The molecule has 1 aliphatic heterocycles. The lowest BCUT2D eigenvalue weighted by molar-refractivity contribution is 0.430. The van der Waals surface area contributed by atoms with Gasteiger partial charge in [-0.05, 0) is 207 Å². The van der Waals surface area contributed by atoms with Crippen LogP contribution in [0.5, 0.6) is 5.75 Å². The molecular formula is C96H60O4. The van der Waals surface area contributed by atoms with Gasteiger partial charge in [0.15, 0.2) is 0 Å². The van der Waals surface area contributed by atoms with E-state index in [9.17, 15) is 0 Å². The fourth-order valence-corrected chi connectivity index (χ4v) is 18.0. The number of allylic oxidation sites excluding steroid dienone is 12. The summed E-state index contributed by atoms with van der Waals surface area (Å²) in [6.45, 7) is 0. The number of fused-ring (bicyclic) bond motifs is 21. The molecule has 0 spiro atoms. The van der Waals surface area contributed by atoms with E-state index in [2.05, 4.69) is 297 Å². The molecule has 0 fully saturated rings. The van der Waals surface area contributed by atoms with Crippen molar-refractivity contribution in [2.24, 2.45) is 0 Å². The Hall–Kier alpha value is -12.5. The third-order valence-electron chi connectivity index (χ3n) is 22.5. The highest BCUT2D eigenvalue weighted by Gasteiger charge is 2.35. The molecule has 15 aromatic carbocycles. The molecule has 3 unspecified atom stereocenters. The van der Waals surface area contributed by atoms with Gasteiger partial charge in [0, 0.05) is 66.4 Å². The lowest BCUT2D eigenvalue weighted by atomic mass is 9.78. The van der Waals surface area contributed by atoms with Gasteiger partial charge in [-0.2, -0.15) is 0 Å². The average Bonchev–Trinajstić information content (AvgIpc) is 1.27. The minimum Gasteiger partial charge on any atom is -0.460 e. The normalized spacial score (nSPS) is 16.8. The minimum absolute atomic E-state index is 0.0985. The standard InChI is InChI=1S/C96H60O4/c1-2-17-55(18-3-1)56-19-15-23-62(48-56)90-67-25-4-8-29-71(67)92(72-30-9-5-26-68(72)90)64-38-45-86-81(50-64)77-40-36-61-53-89-83(54-80(61)96(77)100-86)66-39-35-60(52-88(66)98-89)58-21-14-20-57(47-58)59-22-16-24-63(49-59)91-69-27-6-10-31-73(69)93(74-32-11-7-28-70(74)91)65-37-44-85-82(51-65)78-42-41-75-76(95(78)99-85)43-46-87-94(75)79-33-12-13-34-84(79)97-87/h1-47,51-54,56,59,81H,48-50H2. The molecular weight excluding hydrogens is 1220 g/mol. The molecule has 4 heteroatoms. The number of hydrogen-bond donors (Lipinski definition) is 0. The summed E-state index contributed by atoms with van der Waals surface area (Å²) in [5.41, 5.74) is 21.8. The Morgan fingerprint density at radius 3 is 1.50 bits per heavy atom. The summed E-state index contributed by atoms with van der Waals surface area (Å²) in [5.74, 6) is 2.56. The zero-order chi connectivity index (χ0) is 65.3. The van der Waals surface area contributed by atoms with Crippen LogP contribution in [0, 0.1) is 0 Å². The Morgan fingerprint density at radius 2 is 0.800 bits per heavy atom. The van der Waals surface area contributed by atoms with Crippen LogP contribution in [0.1, 0.15) is 70.4 Å². The van der Waals surface area contributed by atoms with Gasteiger partial charge in [0.2, 0.25) is 0 Å². The monoisotopic (exact) mass is 1280 g/mol. The highest BCUT2D eigenvalue weighted by Crippen LogP contribution is 2.55. The third kappa shape index (κ3) is 8.34. The minimum atomic E-state index is 0.0985. The number of para-hydroxylation sites is 1. The van der Waals surface area contributed by atoms with Crippen molar-refractivity contribution in [3.63, 3.8) is 0 Å². The molecule has 18 aromatic rings.